The Bertz CT molecular complexity index is 1250. The van der Waals surface area contributed by atoms with Crippen molar-refractivity contribution in [1.82, 2.24) is 25.1 Å². The molecular formula is C41H72N6O7. The zero-order valence-corrected chi connectivity index (χ0v) is 35.5. The van der Waals surface area contributed by atoms with Crippen molar-refractivity contribution < 1.29 is 33.4 Å². The fourth-order valence-corrected chi connectivity index (χ4v) is 5.70. The van der Waals surface area contributed by atoms with Crippen LogP contribution in [0.3, 0.4) is 0 Å². The summed E-state index contributed by atoms with van der Waals surface area (Å²) in [7, 11) is 6.55. The van der Waals surface area contributed by atoms with Crippen molar-refractivity contribution in [2.24, 2.45) is 11.8 Å². The highest BCUT2D eigenvalue weighted by Gasteiger charge is 2.33. The van der Waals surface area contributed by atoms with Gasteiger partial charge in [-0.1, -0.05) is 97.2 Å². The van der Waals surface area contributed by atoms with Crippen molar-refractivity contribution in [2.45, 2.75) is 119 Å². The van der Waals surface area contributed by atoms with Gasteiger partial charge in [0.15, 0.2) is 0 Å². The Hall–Kier alpha value is -4.10. The Labute approximate surface area is 326 Å². The molecule has 3 amide bonds. The molecule has 5 atom stereocenters. The molecule has 0 spiro atoms. The first-order chi connectivity index (χ1) is 25.8. The van der Waals surface area contributed by atoms with E-state index in [-0.39, 0.29) is 37.2 Å². The molecular weight excluding hydrogens is 688 g/mol. The number of carbonyl (C=O) groups excluding carboxylic acids is 4. The summed E-state index contributed by atoms with van der Waals surface area (Å²) in [5, 5.41) is 5.21. The number of amides is 3. The molecule has 54 heavy (non-hydrogen) atoms. The lowest BCUT2D eigenvalue weighted by atomic mass is 9.91. The van der Waals surface area contributed by atoms with E-state index in [0.717, 1.165) is 44.3 Å². The van der Waals surface area contributed by atoms with E-state index in [1.165, 1.54) is 25.4 Å². The molecule has 1 aliphatic heterocycles. The van der Waals surface area contributed by atoms with Gasteiger partial charge in [-0.3, -0.25) is 19.2 Å². The van der Waals surface area contributed by atoms with Gasteiger partial charge in [-0.05, 0) is 44.9 Å². The highest BCUT2D eigenvalue weighted by atomic mass is 16.5. The lowest BCUT2D eigenvalue weighted by Gasteiger charge is -2.37. The number of hydrogen-bond donors (Lipinski definition) is 2. The predicted molar refractivity (Wildman–Crippen MR) is 217 cm³/mol. The Balaban J connectivity index is 0. The van der Waals surface area contributed by atoms with Gasteiger partial charge in [0, 0.05) is 39.6 Å². The van der Waals surface area contributed by atoms with Crippen LogP contribution in [0.25, 0.3) is 0 Å². The Morgan fingerprint density at radius 2 is 1.59 bits per heavy atom. The van der Waals surface area contributed by atoms with Crippen molar-refractivity contribution in [3.8, 4) is 0 Å². The average Bonchev–Trinajstić information content (AvgIpc) is 3.64. The summed E-state index contributed by atoms with van der Waals surface area (Å²) in [5.74, 6) is 1.09. The van der Waals surface area contributed by atoms with Crippen molar-refractivity contribution in [1.29, 1.82) is 0 Å². The molecule has 13 nitrogen and oxygen atoms in total. The summed E-state index contributed by atoms with van der Waals surface area (Å²) in [6, 6.07) is 12.4. The normalized spacial score (nSPS) is 15.0. The number of likely N-dealkylation sites (tertiary alicyclic amines) is 1. The van der Waals surface area contributed by atoms with Crippen LogP contribution in [0.2, 0.25) is 0 Å². The maximum absolute atomic E-state index is 12.6. The molecule has 0 saturated carbocycles. The number of methoxy groups -OCH3 is 3. The number of likely N-dealkylation sites (N-methyl/N-ethyl adjacent to an activating group) is 1. The summed E-state index contributed by atoms with van der Waals surface area (Å²) in [6.45, 7) is 19.9. The molecule has 1 saturated heterocycles. The van der Waals surface area contributed by atoms with Gasteiger partial charge in [0.25, 0.3) is 0 Å². The van der Waals surface area contributed by atoms with E-state index in [1.807, 2.05) is 48.0 Å². The van der Waals surface area contributed by atoms with Crippen LogP contribution in [-0.2, 0) is 33.4 Å². The lowest BCUT2D eigenvalue weighted by Crippen LogP contribution is -2.50. The van der Waals surface area contributed by atoms with Crippen LogP contribution in [0.4, 0.5) is 5.82 Å². The van der Waals surface area contributed by atoms with Gasteiger partial charge in [0.2, 0.25) is 18.7 Å². The van der Waals surface area contributed by atoms with E-state index >= 15 is 0 Å². The van der Waals surface area contributed by atoms with Gasteiger partial charge < -0.3 is 34.6 Å². The smallest absolute Gasteiger partial charge is 0.325 e. The third-order valence-electron chi connectivity index (χ3n) is 8.66. The van der Waals surface area contributed by atoms with Crippen molar-refractivity contribution >= 4 is 30.5 Å². The fraction of sp³-hybridized carbons (Fsp3) is 0.659. The van der Waals surface area contributed by atoms with E-state index < -0.39 is 5.97 Å². The van der Waals surface area contributed by atoms with Crippen LogP contribution < -0.4 is 10.6 Å². The standard InChI is InChI=1S/C17H30N4O2.C10H19NO2.C7H8.C4H7NO3.C3H8/c1-7-12(3)17(14(8-2)23-6)21(5)16(22)10-18-15-9-13(4)19-11-20-15;1-8(2)10(13-3)9-5-4-6-11(9)7-12;1-7-5-3-2-4-6-7;1-8-4(7)2-5-3-6;1-3-2/h9,11-12,14,17H,7-8,10H2,1-6H3,(H,18,19,20);7-10H,4-6H2,1-3H3;2-6H,1H3;3H,2H2,1H3,(H,5,6);3H2,1-2H3. The van der Waals surface area contributed by atoms with Gasteiger partial charge in [-0.25, -0.2) is 9.97 Å². The second kappa shape index (κ2) is 32.3. The number of ether oxygens (including phenoxy) is 3. The van der Waals surface area contributed by atoms with Crippen LogP contribution in [0.1, 0.15) is 91.8 Å². The van der Waals surface area contributed by atoms with Crippen LogP contribution >= 0.6 is 0 Å². The van der Waals surface area contributed by atoms with Gasteiger partial charge in [0.1, 0.15) is 18.7 Å². The van der Waals surface area contributed by atoms with Crippen LogP contribution in [0.15, 0.2) is 42.7 Å². The first-order valence-electron chi connectivity index (χ1n) is 19.1. The first kappa shape index (κ1) is 52.0. The lowest BCUT2D eigenvalue weighted by molar-refractivity contribution is -0.140. The third-order valence-corrected chi connectivity index (χ3v) is 8.66. The first-order valence-corrected chi connectivity index (χ1v) is 19.1. The van der Waals surface area contributed by atoms with Crippen LogP contribution in [-0.4, -0.2) is 117 Å². The molecule has 1 aromatic carbocycles. The predicted octanol–water partition coefficient (Wildman–Crippen LogP) is 6.09. The number of aryl methyl sites for hydroxylation is 2. The quantitative estimate of drug-likeness (QED) is 0.152. The molecule has 0 aliphatic carbocycles. The molecule has 2 heterocycles. The summed E-state index contributed by atoms with van der Waals surface area (Å²) in [4.78, 5) is 54.8. The molecule has 308 valence electrons. The van der Waals surface area contributed by atoms with Crippen molar-refractivity contribution in [3.05, 3.63) is 54.0 Å². The number of rotatable bonds is 16. The molecule has 0 radical (unpaired) electrons. The third kappa shape index (κ3) is 22.2. The number of aromatic nitrogens is 2. The van der Waals surface area contributed by atoms with Gasteiger partial charge in [-0.15, -0.1) is 0 Å². The van der Waals surface area contributed by atoms with Crippen LogP contribution in [0, 0.1) is 25.7 Å². The number of esters is 1. The van der Waals surface area contributed by atoms with Crippen molar-refractivity contribution in [2.75, 3.05) is 53.3 Å². The average molecular weight is 761 g/mol. The molecule has 0 bridgehead atoms. The number of benzene rings is 1. The minimum absolute atomic E-state index is 0.0297. The SMILES string of the molecule is CCC.CCC(C)C(C(CC)OC)N(C)C(=O)CNc1cc(C)ncn1.COC(=O)CNC=O.COC(C(C)C)C1CCCN1C=O.Cc1ccccc1. The highest BCUT2D eigenvalue weighted by Crippen LogP contribution is 2.24. The summed E-state index contributed by atoms with van der Waals surface area (Å²) in [5.41, 5.74) is 2.19. The minimum Gasteiger partial charge on any atom is -0.468 e. The van der Waals surface area contributed by atoms with Gasteiger partial charge in [-0.2, -0.15) is 0 Å². The van der Waals surface area contributed by atoms with Crippen LogP contribution in [0.5, 0.6) is 0 Å². The second-order valence-electron chi connectivity index (χ2n) is 13.4. The van der Waals surface area contributed by atoms with Gasteiger partial charge in [0.05, 0.1) is 37.9 Å². The largest absolute Gasteiger partial charge is 0.468 e. The molecule has 1 fully saturated rings. The van der Waals surface area contributed by atoms with Crippen molar-refractivity contribution in [3.63, 3.8) is 0 Å². The number of hydrogen-bond acceptors (Lipinski definition) is 10. The number of nitrogens with zero attached hydrogens (tertiary/aromatic N) is 4. The number of nitrogens with one attached hydrogen (secondary N) is 2. The molecule has 3 rings (SSSR count). The maximum Gasteiger partial charge on any atom is 0.325 e. The highest BCUT2D eigenvalue weighted by molar-refractivity contribution is 5.80. The summed E-state index contributed by atoms with van der Waals surface area (Å²) in [6.07, 6.45) is 8.43. The Morgan fingerprint density at radius 3 is 2.02 bits per heavy atom. The molecule has 2 N–H and O–H groups in total. The summed E-state index contributed by atoms with van der Waals surface area (Å²) >= 11 is 0. The zero-order valence-electron chi connectivity index (χ0n) is 35.5. The fourth-order valence-electron chi connectivity index (χ4n) is 5.70. The van der Waals surface area contributed by atoms with E-state index in [0.29, 0.717) is 30.1 Å². The zero-order chi connectivity index (χ0) is 41.5. The topological polar surface area (TPSA) is 152 Å². The Kier molecular flexibility index (Phi) is 31.1. The number of anilines is 1. The van der Waals surface area contributed by atoms with E-state index in [9.17, 15) is 19.2 Å². The maximum atomic E-state index is 12.6. The minimum atomic E-state index is -0.447. The van der Waals surface area contributed by atoms with E-state index in [2.05, 4.69) is 92.9 Å². The molecule has 1 aliphatic rings. The summed E-state index contributed by atoms with van der Waals surface area (Å²) < 4.78 is 15.2. The Morgan fingerprint density at radius 1 is 0.963 bits per heavy atom. The molecule has 13 heteroatoms. The van der Waals surface area contributed by atoms with E-state index in [4.69, 9.17) is 9.47 Å². The number of carbonyl (C=O) groups is 4. The molecule has 5 unspecified atom stereocenters. The second-order valence-corrected chi connectivity index (χ2v) is 13.4. The monoisotopic (exact) mass is 761 g/mol. The molecule has 2 aromatic rings. The molecule has 1 aromatic heterocycles. The van der Waals surface area contributed by atoms with E-state index in [1.54, 1.807) is 14.2 Å². The van der Waals surface area contributed by atoms with Gasteiger partial charge >= 0.3 is 5.97 Å².